The van der Waals surface area contributed by atoms with Crippen molar-refractivity contribution in [2.45, 2.75) is 6.42 Å². The third-order valence-corrected chi connectivity index (χ3v) is 2.00. The Kier molecular flexibility index (Phi) is 5.37. The summed E-state index contributed by atoms with van der Waals surface area (Å²) in [5.41, 5.74) is -0.0382. The second-order valence-electron chi connectivity index (χ2n) is 3.41. The summed E-state index contributed by atoms with van der Waals surface area (Å²) in [6.45, 7) is 1.33. The molecule has 0 aromatic carbocycles. The van der Waals surface area contributed by atoms with Gasteiger partial charge in [-0.25, -0.2) is 0 Å². The van der Waals surface area contributed by atoms with Gasteiger partial charge in [0.25, 0.3) is 0 Å². The van der Waals surface area contributed by atoms with Crippen LogP contribution in [0.4, 0.5) is 11.5 Å². The molecule has 0 fully saturated rings. The normalized spacial score (nSPS) is 10.5. The van der Waals surface area contributed by atoms with E-state index in [1.165, 1.54) is 10.9 Å². The van der Waals surface area contributed by atoms with Crippen molar-refractivity contribution >= 4 is 11.5 Å². The number of nitrogens with zero attached hydrogens (tertiary/aromatic N) is 3. The van der Waals surface area contributed by atoms with Gasteiger partial charge in [-0.1, -0.05) is 0 Å². The van der Waals surface area contributed by atoms with Crippen molar-refractivity contribution in [1.82, 2.24) is 9.78 Å². The Labute approximate surface area is 98.3 Å². The van der Waals surface area contributed by atoms with Gasteiger partial charge in [-0.3, -0.25) is 14.8 Å². The summed E-state index contributed by atoms with van der Waals surface area (Å²) in [4.78, 5) is 10.2. The molecule has 1 aromatic heterocycles. The van der Waals surface area contributed by atoms with E-state index >= 15 is 0 Å². The molecule has 0 spiro atoms. The van der Waals surface area contributed by atoms with E-state index in [1.54, 1.807) is 7.05 Å². The van der Waals surface area contributed by atoms with Crippen LogP contribution in [0, 0.1) is 10.1 Å². The molecule has 0 unspecified atom stereocenters. The van der Waals surface area contributed by atoms with Crippen molar-refractivity contribution in [3.8, 4) is 0 Å². The van der Waals surface area contributed by atoms with Gasteiger partial charge >= 0.3 is 5.69 Å². The van der Waals surface area contributed by atoms with Crippen molar-refractivity contribution in [1.29, 1.82) is 0 Å². The van der Waals surface area contributed by atoms with Crippen LogP contribution in [0.2, 0.25) is 0 Å². The van der Waals surface area contributed by atoms with E-state index in [4.69, 9.17) is 9.84 Å². The number of aliphatic hydroxyl groups is 1. The molecule has 2 N–H and O–H groups in total. The second kappa shape index (κ2) is 6.81. The van der Waals surface area contributed by atoms with Crippen molar-refractivity contribution in [3.05, 3.63) is 16.3 Å². The first-order chi connectivity index (χ1) is 8.15. The fraction of sp³-hybridized carbons (Fsp3) is 0.667. The lowest BCUT2D eigenvalue weighted by Gasteiger charge is -2.03. The average Bonchev–Trinajstić information content (AvgIpc) is 2.65. The highest BCUT2D eigenvalue weighted by atomic mass is 16.6. The van der Waals surface area contributed by atoms with Gasteiger partial charge in [0.15, 0.2) is 0 Å². The summed E-state index contributed by atoms with van der Waals surface area (Å²) < 4.78 is 6.45. The molecule has 0 bridgehead atoms. The van der Waals surface area contributed by atoms with Crippen molar-refractivity contribution in [2.75, 3.05) is 31.7 Å². The number of aryl methyl sites for hydroxylation is 1. The van der Waals surface area contributed by atoms with E-state index < -0.39 is 4.92 Å². The molecule has 1 heterocycles. The lowest BCUT2D eigenvalue weighted by molar-refractivity contribution is -0.384. The first-order valence-electron chi connectivity index (χ1n) is 5.25. The van der Waals surface area contributed by atoms with Crippen LogP contribution in [0.25, 0.3) is 0 Å². The highest BCUT2D eigenvalue weighted by Crippen LogP contribution is 2.20. The first-order valence-corrected chi connectivity index (χ1v) is 5.25. The van der Waals surface area contributed by atoms with E-state index in [9.17, 15) is 10.1 Å². The predicted octanol–water partition coefficient (Wildman–Crippen LogP) is 0.139. The highest BCUT2D eigenvalue weighted by Gasteiger charge is 2.17. The molecule has 1 rings (SSSR count). The molecule has 0 saturated heterocycles. The first kappa shape index (κ1) is 13.4. The van der Waals surface area contributed by atoms with Crippen LogP contribution < -0.4 is 5.32 Å². The number of hydrogen-bond acceptors (Lipinski definition) is 6. The summed E-state index contributed by atoms with van der Waals surface area (Å²) in [5.74, 6) is 0.264. The van der Waals surface area contributed by atoms with Gasteiger partial charge < -0.3 is 15.2 Å². The molecule has 0 aliphatic rings. The third kappa shape index (κ3) is 4.37. The smallest absolute Gasteiger partial charge is 0.330 e. The number of anilines is 1. The molecule has 0 saturated carbocycles. The molecule has 0 amide bonds. The standard InChI is InChI=1S/C9H16N4O4/c1-12-7-8(13(15)16)9(11-12)10-3-2-5-17-6-4-14/h7,14H,2-6H2,1H3,(H,10,11). The Balaban J connectivity index is 2.33. The number of nitrogens with one attached hydrogen (secondary N) is 1. The Bertz CT molecular complexity index is 366. The van der Waals surface area contributed by atoms with Crippen LogP contribution in [0.5, 0.6) is 0 Å². The lowest BCUT2D eigenvalue weighted by Crippen LogP contribution is -2.09. The monoisotopic (exact) mass is 244 g/mol. The van der Waals surface area contributed by atoms with E-state index in [-0.39, 0.29) is 18.1 Å². The fourth-order valence-corrected chi connectivity index (χ4v) is 1.28. The van der Waals surface area contributed by atoms with E-state index in [0.29, 0.717) is 26.2 Å². The minimum absolute atomic E-state index is 0.000852. The Morgan fingerprint density at radius 3 is 3.06 bits per heavy atom. The lowest BCUT2D eigenvalue weighted by atomic mass is 10.4. The predicted molar refractivity (Wildman–Crippen MR) is 60.9 cm³/mol. The Hall–Kier alpha value is -1.67. The zero-order valence-corrected chi connectivity index (χ0v) is 9.63. The molecule has 1 aromatic rings. The van der Waals surface area contributed by atoms with E-state index in [0.717, 1.165) is 0 Å². The molecule has 17 heavy (non-hydrogen) atoms. The fourth-order valence-electron chi connectivity index (χ4n) is 1.28. The number of rotatable bonds is 8. The minimum Gasteiger partial charge on any atom is -0.394 e. The van der Waals surface area contributed by atoms with Crippen LogP contribution in [0.3, 0.4) is 0 Å². The van der Waals surface area contributed by atoms with Crippen LogP contribution in [0.1, 0.15) is 6.42 Å². The van der Waals surface area contributed by atoms with Crippen molar-refractivity contribution in [2.24, 2.45) is 7.05 Å². The molecule has 8 heteroatoms. The van der Waals surface area contributed by atoms with Gasteiger partial charge in [0.1, 0.15) is 6.20 Å². The highest BCUT2D eigenvalue weighted by molar-refractivity contribution is 5.54. The number of nitro groups is 1. The minimum atomic E-state index is -0.475. The maximum atomic E-state index is 10.7. The quantitative estimate of drug-likeness (QED) is 0.383. The summed E-state index contributed by atoms with van der Waals surface area (Å²) >= 11 is 0. The van der Waals surface area contributed by atoms with Gasteiger partial charge in [0, 0.05) is 20.2 Å². The zero-order chi connectivity index (χ0) is 12.7. The average molecular weight is 244 g/mol. The third-order valence-electron chi connectivity index (χ3n) is 2.00. The topological polar surface area (TPSA) is 102 Å². The molecule has 96 valence electrons. The van der Waals surface area contributed by atoms with Crippen molar-refractivity contribution in [3.63, 3.8) is 0 Å². The summed E-state index contributed by atoms with van der Waals surface area (Å²) in [7, 11) is 1.63. The largest absolute Gasteiger partial charge is 0.394 e. The molecule has 0 aliphatic heterocycles. The van der Waals surface area contributed by atoms with Crippen LogP contribution in [-0.2, 0) is 11.8 Å². The SMILES string of the molecule is Cn1cc([N+](=O)[O-])c(NCCCOCCO)n1. The zero-order valence-electron chi connectivity index (χ0n) is 9.63. The number of aromatic nitrogens is 2. The number of ether oxygens (including phenoxy) is 1. The van der Waals surface area contributed by atoms with Crippen molar-refractivity contribution < 1.29 is 14.8 Å². The Morgan fingerprint density at radius 1 is 1.65 bits per heavy atom. The number of aliphatic hydroxyl groups excluding tert-OH is 1. The van der Waals surface area contributed by atoms with E-state index in [2.05, 4.69) is 10.4 Å². The molecular weight excluding hydrogens is 228 g/mol. The molecule has 8 nitrogen and oxygen atoms in total. The molecule has 0 aliphatic carbocycles. The maximum Gasteiger partial charge on any atom is 0.330 e. The summed E-state index contributed by atoms with van der Waals surface area (Å²) in [5, 5.41) is 26.0. The van der Waals surface area contributed by atoms with Crippen LogP contribution in [0.15, 0.2) is 6.20 Å². The van der Waals surface area contributed by atoms with E-state index in [1.807, 2.05) is 0 Å². The summed E-state index contributed by atoms with van der Waals surface area (Å²) in [6.07, 6.45) is 2.04. The Morgan fingerprint density at radius 2 is 2.41 bits per heavy atom. The van der Waals surface area contributed by atoms with Gasteiger partial charge in [-0.2, -0.15) is 0 Å². The maximum absolute atomic E-state index is 10.7. The van der Waals surface area contributed by atoms with Gasteiger partial charge in [-0.05, 0) is 6.42 Å². The van der Waals surface area contributed by atoms with Gasteiger partial charge in [-0.15, -0.1) is 5.10 Å². The number of hydrogen-bond donors (Lipinski definition) is 2. The van der Waals surface area contributed by atoms with Crippen LogP contribution >= 0.6 is 0 Å². The molecule has 0 radical (unpaired) electrons. The van der Waals surface area contributed by atoms with Gasteiger partial charge in [0.2, 0.25) is 5.82 Å². The van der Waals surface area contributed by atoms with Gasteiger partial charge in [0.05, 0.1) is 18.1 Å². The van der Waals surface area contributed by atoms with Crippen LogP contribution in [-0.4, -0.2) is 46.2 Å². The summed E-state index contributed by atoms with van der Waals surface area (Å²) in [6, 6.07) is 0. The molecule has 0 atom stereocenters. The second-order valence-corrected chi connectivity index (χ2v) is 3.41. The molecular formula is C9H16N4O4.